The minimum atomic E-state index is 0.272. The van der Waals surface area contributed by atoms with Gasteiger partial charge < -0.3 is 4.42 Å². The molecule has 90 valence electrons. The van der Waals surface area contributed by atoms with Gasteiger partial charge in [-0.25, -0.2) is 0 Å². The Hall–Kier alpha value is -0.770. The van der Waals surface area contributed by atoms with Gasteiger partial charge in [0.25, 0.3) is 0 Å². The number of hydrogen-bond donors (Lipinski definition) is 0. The van der Waals surface area contributed by atoms with Gasteiger partial charge in [0.05, 0.1) is 5.25 Å². The van der Waals surface area contributed by atoms with Crippen LogP contribution in [0.25, 0.3) is 0 Å². The van der Waals surface area contributed by atoms with Crippen molar-refractivity contribution in [3.63, 3.8) is 0 Å². The summed E-state index contributed by atoms with van der Waals surface area (Å²) in [5.74, 6) is 3.09. The van der Waals surface area contributed by atoms with Crippen LogP contribution in [0.5, 0.6) is 0 Å². The molecule has 0 aliphatic carbocycles. The first-order valence-corrected chi connectivity index (χ1v) is 6.73. The Morgan fingerprint density at radius 2 is 2.12 bits per heavy atom. The normalized spacial score (nSPS) is 13.0. The average molecular weight is 240 g/mol. The second kappa shape index (κ2) is 6.74. The Kier molecular flexibility index (Phi) is 5.60. The third-order valence-corrected chi connectivity index (χ3v) is 3.28. The molecule has 1 atom stereocenters. The van der Waals surface area contributed by atoms with Crippen LogP contribution in [0.1, 0.15) is 44.2 Å². The molecule has 0 saturated carbocycles. The fraction of sp³-hybridized carbons (Fsp3) is 0.667. The van der Waals surface area contributed by atoms with E-state index in [1.165, 1.54) is 0 Å². The van der Waals surface area contributed by atoms with Crippen LogP contribution in [0.3, 0.4) is 0 Å². The highest BCUT2D eigenvalue weighted by molar-refractivity contribution is 7.99. The number of allylic oxidation sites excluding steroid dienone is 1. The zero-order valence-electron chi connectivity index (χ0n) is 10.3. The Balaban J connectivity index is 2.46. The van der Waals surface area contributed by atoms with E-state index in [9.17, 15) is 0 Å². The molecule has 4 heteroatoms. The summed E-state index contributed by atoms with van der Waals surface area (Å²) in [4.78, 5) is 0. The number of rotatable bonds is 7. The highest BCUT2D eigenvalue weighted by Crippen LogP contribution is 2.27. The minimum Gasteiger partial charge on any atom is -0.424 e. The molecule has 1 aromatic rings. The third-order valence-electron chi connectivity index (χ3n) is 2.10. The summed E-state index contributed by atoms with van der Waals surface area (Å²) >= 11 is 1.82. The summed E-state index contributed by atoms with van der Waals surface area (Å²) in [7, 11) is 0. The summed E-state index contributed by atoms with van der Waals surface area (Å²) in [6.45, 7) is 10.1. The SMILES string of the molecule is C=CCCS[C@@H](C)c1nnc(CC(C)C)o1. The van der Waals surface area contributed by atoms with Crippen LogP contribution >= 0.6 is 11.8 Å². The molecular formula is C12H20N2OS. The van der Waals surface area contributed by atoms with Crippen molar-refractivity contribution in [3.05, 3.63) is 24.4 Å². The molecule has 0 radical (unpaired) electrons. The average Bonchev–Trinajstić information content (AvgIpc) is 2.65. The van der Waals surface area contributed by atoms with Gasteiger partial charge in [0, 0.05) is 6.42 Å². The molecule has 1 heterocycles. The quantitative estimate of drug-likeness (QED) is 0.539. The summed E-state index contributed by atoms with van der Waals surface area (Å²) in [6.07, 6.45) is 3.80. The molecule has 0 aromatic carbocycles. The fourth-order valence-electron chi connectivity index (χ4n) is 1.26. The number of thioether (sulfide) groups is 1. The smallest absolute Gasteiger partial charge is 0.229 e. The van der Waals surface area contributed by atoms with Gasteiger partial charge >= 0.3 is 0 Å². The lowest BCUT2D eigenvalue weighted by molar-refractivity contribution is 0.426. The van der Waals surface area contributed by atoms with Crippen molar-refractivity contribution in [2.75, 3.05) is 5.75 Å². The van der Waals surface area contributed by atoms with Crippen LogP contribution in [0.4, 0.5) is 0 Å². The van der Waals surface area contributed by atoms with Crippen LogP contribution in [-0.2, 0) is 6.42 Å². The van der Waals surface area contributed by atoms with E-state index in [0.29, 0.717) is 5.92 Å². The number of aromatic nitrogens is 2. The first-order chi connectivity index (χ1) is 7.63. The summed E-state index contributed by atoms with van der Waals surface area (Å²) in [6, 6.07) is 0. The highest BCUT2D eigenvalue weighted by atomic mass is 32.2. The molecule has 0 aliphatic heterocycles. The first kappa shape index (κ1) is 13.3. The second-order valence-electron chi connectivity index (χ2n) is 4.22. The molecule has 0 fully saturated rings. The summed E-state index contributed by atoms with van der Waals surface area (Å²) in [5, 5.41) is 8.41. The molecule has 0 amide bonds. The van der Waals surface area contributed by atoms with E-state index in [0.717, 1.165) is 30.4 Å². The van der Waals surface area contributed by atoms with Crippen molar-refractivity contribution >= 4 is 11.8 Å². The van der Waals surface area contributed by atoms with Crippen molar-refractivity contribution in [2.45, 2.75) is 38.9 Å². The van der Waals surface area contributed by atoms with E-state index in [4.69, 9.17) is 4.42 Å². The zero-order valence-corrected chi connectivity index (χ0v) is 11.1. The second-order valence-corrected chi connectivity index (χ2v) is 5.67. The van der Waals surface area contributed by atoms with E-state index in [-0.39, 0.29) is 5.25 Å². The van der Waals surface area contributed by atoms with E-state index < -0.39 is 0 Å². The Bertz CT molecular complexity index is 323. The van der Waals surface area contributed by atoms with E-state index in [2.05, 4.69) is 37.5 Å². The lowest BCUT2D eigenvalue weighted by atomic mass is 10.1. The van der Waals surface area contributed by atoms with Crippen LogP contribution in [0, 0.1) is 5.92 Å². The minimum absolute atomic E-state index is 0.272. The maximum atomic E-state index is 5.62. The van der Waals surface area contributed by atoms with Gasteiger partial charge in [-0.2, -0.15) is 0 Å². The van der Waals surface area contributed by atoms with Crippen LogP contribution in [0.15, 0.2) is 17.1 Å². The molecule has 0 saturated heterocycles. The standard InChI is InChI=1S/C12H20N2OS/c1-5-6-7-16-10(4)12-14-13-11(15-12)8-9(2)3/h5,9-10H,1,6-8H2,2-4H3/t10-/m0/s1. The van der Waals surface area contributed by atoms with Gasteiger partial charge in [-0.3, -0.25) is 0 Å². The summed E-state index contributed by atoms with van der Waals surface area (Å²) in [5.41, 5.74) is 0. The van der Waals surface area contributed by atoms with Gasteiger partial charge in [-0.15, -0.1) is 28.5 Å². The van der Waals surface area contributed by atoms with Crippen LogP contribution in [0.2, 0.25) is 0 Å². The van der Waals surface area contributed by atoms with E-state index >= 15 is 0 Å². The molecule has 0 bridgehead atoms. The van der Waals surface area contributed by atoms with Crippen LogP contribution in [-0.4, -0.2) is 16.0 Å². The van der Waals surface area contributed by atoms with Crippen molar-refractivity contribution in [2.24, 2.45) is 5.92 Å². The van der Waals surface area contributed by atoms with Gasteiger partial charge in [-0.05, 0) is 25.0 Å². The summed E-state index contributed by atoms with van der Waals surface area (Å²) < 4.78 is 5.62. The number of nitrogens with zero attached hydrogens (tertiary/aromatic N) is 2. The third kappa shape index (κ3) is 4.39. The first-order valence-electron chi connectivity index (χ1n) is 5.68. The Morgan fingerprint density at radius 1 is 1.38 bits per heavy atom. The highest BCUT2D eigenvalue weighted by Gasteiger charge is 2.14. The fourth-order valence-corrected chi connectivity index (χ4v) is 2.16. The molecule has 0 aliphatic rings. The van der Waals surface area contributed by atoms with Crippen LogP contribution < -0.4 is 0 Å². The topological polar surface area (TPSA) is 38.9 Å². The largest absolute Gasteiger partial charge is 0.424 e. The maximum absolute atomic E-state index is 5.62. The van der Waals surface area contributed by atoms with E-state index in [1.54, 1.807) is 0 Å². The van der Waals surface area contributed by atoms with Gasteiger partial charge in [0.2, 0.25) is 11.8 Å². The molecule has 16 heavy (non-hydrogen) atoms. The molecule has 0 spiro atoms. The van der Waals surface area contributed by atoms with Gasteiger partial charge in [-0.1, -0.05) is 19.9 Å². The van der Waals surface area contributed by atoms with E-state index in [1.807, 2.05) is 17.8 Å². The Morgan fingerprint density at radius 3 is 2.75 bits per heavy atom. The van der Waals surface area contributed by atoms with Gasteiger partial charge in [0.15, 0.2) is 0 Å². The molecule has 3 nitrogen and oxygen atoms in total. The number of hydrogen-bond acceptors (Lipinski definition) is 4. The predicted octanol–water partition coefficient (Wildman–Crippen LogP) is 3.64. The van der Waals surface area contributed by atoms with Crippen molar-refractivity contribution < 1.29 is 4.42 Å². The molecule has 1 aromatic heterocycles. The maximum Gasteiger partial charge on any atom is 0.229 e. The zero-order chi connectivity index (χ0) is 12.0. The van der Waals surface area contributed by atoms with Crippen molar-refractivity contribution in [1.82, 2.24) is 10.2 Å². The van der Waals surface area contributed by atoms with Crippen molar-refractivity contribution in [3.8, 4) is 0 Å². The predicted molar refractivity (Wildman–Crippen MR) is 68.5 cm³/mol. The van der Waals surface area contributed by atoms with Crippen molar-refractivity contribution in [1.29, 1.82) is 0 Å². The monoisotopic (exact) mass is 240 g/mol. The lowest BCUT2D eigenvalue weighted by Gasteiger charge is -2.04. The molecule has 1 rings (SSSR count). The van der Waals surface area contributed by atoms with Gasteiger partial charge in [0.1, 0.15) is 0 Å². The molecular weight excluding hydrogens is 220 g/mol. The Labute approximate surface area is 102 Å². The molecule has 0 unspecified atom stereocenters. The molecule has 0 N–H and O–H groups in total. The lowest BCUT2D eigenvalue weighted by Crippen LogP contribution is -1.93.